The summed E-state index contributed by atoms with van der Waals surface area (Å²) < 4.78 is 0. The van der Waals surface area contributed by atoms with E-state index in [4.69, 9.17) is 0 Å². The molecule has 1 fully saturated rings. The maximum atomic E-state index is 13.0. The molecule has 1 aromatic carbocycles. The highest BCUT2D eigenvalue weighted by atomic mass is 16.2. The van der Waals surface area contributed by atoms with Gasteiger partial charge in [-0.15, -0.1) is 0 Å². The Labute approximate surface area is 178 Å². The smallest absolute Gasteiger partial charge is 0.226 e. The second kappa shape index (κ2) is 9.18. The fourth-order valence-electron chi connectivity index (χ4n) is 4.42. The van der Waals surface area contributed by atoms with Gasteiger partial charge in [0.1, 0.15) is 0 Å². The third-order valence-electron chi connectivity index (χ3n) is 6.12. The van der Waals surface area contributed by atoms with Crippen LogP contribution in [0.1, 0.15) is 24.0 Å². The molecule has 0 saturated carbocycles. The van der Waals surface area contributed by atoms with Gasteiger partial charge in [0.25, 0.3) is 0 Å². The van der Waals surface area contributed by atoms with Gasteiger partial charge in [-0.1, -0.05) is 36.4 Å². The van der Waals surface area contributed by atoms with Crippen molar-refractivity contribution in [1.29, 1.82) is 0 Å². The Morgan fingerprint density at radius 3 is 2.33 bits per heavy atom. The van der Waals surface area contributed by atoms with Crippen LogP contribution < -0.4 is 5.32 Å². The van der Waals surface area contributed by atoms with Crippen LogP contribution in [0.15, 0.2) is 73.3 Å². The molecule has 1 aliphatic heterocycles. The molecule has 0 spiro atoms. The Balaban J connectivity index is 1.49. The van der Waals surface area contributed by atoms with E-state index in [2.05, 4.69) is 56.6 Å². The normalized spacial score (nSPS) is 16.2. The van der Waals surface area contributed by atoms with E-state index in [0.717, 1.165) is 50.0 Å². The van der Waals surface area contributed by atoms with Crippen LogP contribution in [0, 0.1) is 5.41 Å². The molecule has 0 atom stereocenters. The molecule has 1 saturated heterocycles. The number of hydrogen-bond donors (Lipinski definition) is 1. The van der Waals surface area contributed by atoms with Crippen molar-refractivity contribution in [2.75, 3.05) is 20.1 Å². The fourth-order valence-corrected chi connectivity index (χ4v) is 4.42. The van der Waals surface area contributed by atoms with Crippen molar-refractivity contribution in [1.82, 2.24) is 20.2 Å². The Morgan fingerprint density at radius 2 is 1.67 bits per heavy atom. The van der Waals surface area contributed by atoms with Crippen LogP contribution in [-0.4, -0.2) is 40.9 Å². The van der Waals surface area contributed by atoms with Crippen molar-refractivity contribution >= 4 is 5.91 Å². The molecule has 0 bridgehead atoms. The molecule has 5 nitrogen and oxygen atoms in total. The van der Waals surface area contributed by atoms with Gasteiger partial charge in [0, 0.05) is 38.4 Å². The Bertz CT molecular complexity index is 967. The molecule has 154 valence electrons. The largest absolute Gasteiger partial charge is 0.359 e. The molecule has 0 unspecified atom stereocenters. The highest BCUT2D eigenvalue weighted by Crippen LogP contribution is 2.36. The molecular formula is C25H28N4O. The van der Waals surface area contributed by atoms with Gasteiger partial charge in [0.05, 0.1) is 5.41 Å². The van der Waals surface area contributed by atoms with Gasteiger partial charge in [-0.2, -0.15) is 0 Å². The van der Waals surface area contributed by atoms with E-state index in [1.165, 1.54) is 11.1 Å². The fraction of sp³-hybridized carbons (Fsp3) is 0.320. The summed E-state index contributed by atoms with van der Waals surface area (Å²) in [6.07, 6.45) is 9.84. The number of nitrogens with one attached hydrogen (secondary N) is 1. The van der Waals surface area contributed by atoms with Gasteiger partial charge in [0.2, 0.25) is 5.91 Å². The molecule has 30 heavy (non-hydrogen) atoms. The Morgan fingerprint density at radius 1 is 0.967 bits per heavy atom. The van der Waals surface area contributed by atoms with Crippen LogP contribution in [-0.2, 0) is 17.8 Å². The number of pyridine rings is 2. The van der Waals surface area contributed by atoms with Gasteiger partial charge in [-0.25, -0.2) is 0 Å². The number of nitrogens with zero attached hydrogens (tertiary/aromatic N) is 3. The van der Waals surface area contributed by atoms with E-state index in [1.54, 1.807) is 19.4 Å². The second-order valence-electron chi connectivity index (χ2n) is 8.12. The summed E-state index contributed by atoms with van der Waals surface area (Å²) in [6, 6.07) is 16.6. The zero-order chi connectivity index (χ0) is 20.8. The molecule has 1 N–H and O–H groups in total. The molecule has 2 aromatic heterocycles. The van der Waals surface area contributed by atoms with E-state index in [1.807, 2.05) is 24.5 Å². The Kier molecular flexibility index (Phi) is 6.19. The van der Waals surface area contributed by atoms with Crippen LogP contribution in [0.25, 0.3) is 11.1 Å². The van der Waals surface area contributed by atoms with Crippen LogP contribution in [0.4, 0.5) is 0 Å². The van der Waals surface area contributed by atoms with E-state index >= 15 is 0 Å². The summed E-state index contributed by atoms with van der Waals surface area (Å²) in [5.74, 6) is 0.148. The van der Waals surface area contributed by atoms with Crippen molar-refractivity contribution in [2.24, 2.45) is 5.41 Å². The number of likely N-dealkylation sites (tertiary alicyclic amines) is 1. The van der Waals surface area contributed by atoms with E-state index in [9.17, 15) is 4.79 Å². The number of hydrogen-bond acceptors (Lipinski definition) is 4. The lowest BCUT2D eigenvalue weighted by Gasteiger charge is -2.40. The van der Waals surface area contributed by atoms with E-state index in [0.29, 0.717) is 0 Å². The van der Waals surface area contributed by atoms with Crippen LogP contribution >= 0.6 is 0 Å². The lowest BCUT2D eigenvalue weighted by molar-refractivity contribution is -0.133. The third-order valence-corrected chi connectivity index (χ3v) is 6.12. The summed E-state index contributed by atoms with van der Waals surface area (Å²) in [7, 11) is 1.75. The molecule has 0 aliphatic carbocycles. The van der Waals surface area contributed by atoms with Gasteiger partial charge < -0.3 is 5.32 Å². The molecule has 3 heterocycles. The van der Waals surface area contributed by atoms with Gasteiger partial charge >= 0.3 is 0 Å². The number of rotatable bonds is 6. The lowest BCUT2D eigenvalue weighted by atomic mass is 9.72. The standard InChI is InChI=1S/C25H28N4O/c1-26-24(30)25(9-13-29(14-10-25)19-21-6-3-11-27-17-21)16-20-5-2-7-22(15-20)23-8-4-12-28-18-23/h2-8,11-12,15,17-18H,9-10,13-14,16,19H2,1H3,(H,26,30). The predicted molar refractivity (Wildman–Crippen MR) is 119 cm³/mol. The number of aromatic nitrogens is 2. The van der Waals surface area contributed by atoms with Crippen molar-refractivity contribution in [3.8, 4) is 11.1 Å². The number of piperidine rings is 1. The monoisotopic (exact) mass is 400 g/mol. The molecule has 4 rings (SSSR count). The van der Waals surface area contributed by atoms with Crippen molar-refractivity contribution in [3.63, 3.8) is 0 Å². The molecule has 3 aromatic rings. The lowest BCUT2D eigenvalue weighted by Crippen LogP contribution is -2.49. The van der Waals surface area contributed by atoms with Crippen LogP contribution in [0.3, 0.4) is 0 Å². The first-order chi connectivity index (χ1) is 14.7. The highest BCUT2D eigenvalue weighted by molar-refractivity contribution is 5.83. The van der Waals surface area contributed by atoms with Crippen molar-refractivity contribution in [2.45, 2.75) is 25.8 Å². The van der Waals surface area contributed by atoms with Gasteiger partial charge in [0.15, 0.2) is 0 Å². The zero-order valence-electron chi connectivity index (χ0n) is 17.4. The van der Waals surface area contributed by atoms with Gasteiger partial charge in [-0.3, -0.25) is 19.7 Å². The summed E-state index contributed by atoms with van der Waals surface area (Å²) in [6.45, 7) is 2.70. The van der Waals surface area contributed by atoms with Crippen LogP contribution in [0.2, 0.25) is 0 Å². The molecule has 1 amide bonds. The average Bonchev–Trinajstić information content (AvgIpc) is 2.81. The number of carbonyl (C=O) groups is 1. The number of amides is 1. The minimum absolute atomic E-state index is 0.148. The average molecular weight is 401 g/mol. The Hall–Kier alpha value is -3.05. The van der Waals surface area contributed by atoms with E-state index < -0.39 is 0 Å². The SMILES string of the molecule is CNC(=O)C1(Cc2cccc(-c3cccnc3)c2)CCN(Cc2cccnc2)CC1. The third kappa shape index (κ3) is 4.57. The summed E-state index contributed by atoms with van der Waals surface area (Å²) in [5, 5.41) is 2.93. The predicted octanol–water partition coefficient (Wildman–Crippen LogP) is 3.71. The summed E-state index contributed by atoms with van der Waals surface area (Å²) in [5.41, 5.74) is 4.28. The summed E-state index contributed by atoms with van der Waals surface area (Å²) in [4.78, 5) is 23.8. The second-order valence-corrected chi connectivity index (χ2v) is 8.12. The summed E-state index contributed by atoms with van der Waals surface area (Å²) >= 11 is 0. The first-order valence-electron chi connectivity index (χ1n) is 10.5. The van der Waals surface area contributed by atoms with Crippen LogP contribution in [0.5, 0.6) is 0 Å². The van der Waals surface area contributed by atoms with E-state index in [-0.39, 0.29) is 11.3 Å². The molecule has 5 heteroatoms. The first kappa shape index (κ1) is 20.2. The maximum Gasteiger partial charge on any atom is 0.226 e. The van der Waals surface area contributed by atoms with Gasteiger partial charge in [-0.05, 0) is 66.7 Å². The topological polar surface area (TPSA) is 58.1 Å². The van der Waals surface area contributed by atoms with Crippen molar-refractivity contribution in [3.05, 3.63) is 84.4 Å². The highest BCUT2D eigenvalue weighted by Gasteiger charge is 2.40. The maximum absolute atomic E-state index is 13.0. The van der Waals surface area contributed by atoms with Crippen molar-refractivity contribution < 1.29 is 4.79 Å². The number of carbonyl (C=O) groups excluding carboxylic acids is 1. The quantitative estimate of drug-likeness (QED) is 0.685. The molecular weight excluding hydrogens is 372 g/mol. The molecule has 1 aliphatic rings. The number of benzene rings is 1. The zero-order valence-corrected chi connectivity index (χ0v) is 17.4. The minimum atomic E-state index is -0.367. The molecule has 0 radical (unpaired) electrons. The minimum Gasteiger partial charge on any atom is -0.359 e. The first-order valence-corrected chi connectivity index (χ1v) is 10.5.